The first-order valence-electron chi connectivity index (χ1n) is 6.25. The van der Waals surface area contributed by atoms with Crippen LogP contribution >= 0.6 is 0 Å². The first-order valence-corrected chi connectivity index (χ1v) is 6.25. The van der Waals surface area contributed by atoms with E-state index in [-0.39, 0.29) is 25.1 Å². The normalized spacial score (nSPS) is 11.2. The van der Waals surface area contributed by atoms with Gasteiger partial charge in [0, 0.05) is 18.7 Å². The Morgan fingerprint density at radius 3 is 2.89 bits per heavy atom. The predicted molar refractivity (Wildman–Crippen MR) is 70.4 cm³/mol. The van der Waals surface area contributed by atoms with Gasteiger partial charge in [-0.2, -0.15) is 5.10 Å². The Bertz CT molecular complexity index is 376. The summed E-state index contributed by atoms with van der Waals surface area (Å²) in [4.78, 5) is 13.7. The number of hydrogen-bond donors (Lipinski definition) is 2. The summed E-state index contributed by atoms with van der Waals surface area (Å²) in [7, 11) is 0. The molecule has 1 aromatic rings. The molecule has 0 aliphatic heterocycles. The first-order chi connectivity index (χ1) is 8.58. The zero-order valence-corrected chi connectivity index (χ0v) is 11.3. The molecular formula is C12H22N4O2. The maximum absolute atomic E-state index is 11.9. The van der Waals surface area contributed by atoms with E-state index in [0.29, 0.717) is 12.4 Å². The van der Waals surface area contributed by atoms with Gasteiger partial charge in [-0.3, -0.25) is 9.69 Å². The average Bonchev–Trinajstić information content (AvgIpc) is 2.76. The van der Waals surface area contributed by atoms with Crippen molar-refractivity contribution in [2.75, 3.05) is 31.6 Å². The number of rotatable bonds is 7. The molecular weight excluding hydrogens is 232 g/mol. The molecule has 1 rings (SSSR count). The highest BCUT2D eigenvalue weighted by molar-refractivity contribution is 5.91. The van der Waals surface area contributed by atoms with Crippen molar-refractivity contribution in [1.29, 1.82) is 0 Å². The zero-order valence-electron chi connectivity index (χ0n) is 11.3. The second-order valence-electron chi connectivity index (χ2n) is 4.40. The Labute approximate surface area is 108 Å². The SMILES string of the molecule is CCN(CCO)CC(=O)Nc1ccnn1C(C)C. The van der Waals surface area contributed by atoms with Gasteiger partial charge in [0.1, 0.15) is 5.82 Å². The molecule has 102 valence electrons. The number of carbonyl (C=O) groups is 1. The molecule has 6 nitrogen and oxygen atoms in total. The van der Waals surface area contributed by atoms with Gasteiger partial charge in [0.2, 0.25) is 5.91 Å². The molecule has 0 aromatic carbocycles. The van der Waals surface area contributed by atoms with Crippen LogP contribution in [0.4, 0.5) is 5.82 Å². The summed E-state index contributed by atoms with van der Waals surface area (Å²) in [6.45, 7) is 7.55. The number of anilines is 1. The van der Waals surface area contributed by atoms with E-state index in [9.17, 15) is 4.79 Å². The first kappa shape index (κ1) is 14.7. The third-order valence-electron chi connectivity index (χ3n) is 2.66. The molecule has 18 heavy (non-hydrogen) atoms. The predicted octanol–water partition coefficient (Wildman–Crippen LogP) is 0.717. The van der Waals surface area contributed by atoms with Gasteiger partial charge in [0.05, 0.1) is 19.3 Å². The fourth-order valence-electron chi connectivity index (χ4n) is 1.70. The summed E-state index contributed by atoms with van der Waals surface area (Å²) < 4.78 is 1.76. The van der Waals surface area contributed by atoms with Crippen LogP contribution in [0, 0.1) is 0 Å². The van der Waals surface area contributed by atoms with Crippen molar-refractivity contribution in [3.05, 3.63) is 12.3 Å². The van der Waals surface area contributed by atoms with Crippen molar-refractivity contribution in [3.8, 4) is 0 Å². The second-order valence-corrected chi connectivity index (χ2v) is 4.40. The van der Waals surface area contributed by atoms with E-state index in [1.54, 1.807) is 16.9 Å². The molecule has 0 unspecified atom stereocenters. The number of aliphatic hydroxyl groups excluding tert-OH is 1. The maximum atomic E-state index is 11.9. The highest BCUT2D eigenvalue weighted by Gasteiger charge is 2.12. The molecule has 0 bridgehead atoms. The molecule has 1 heterocycles. The Kier molecular flexibility index (Phi) is 5.80. The van der Waals surface area contributed by atoms with Gasteiger partial charge in [-0.15, -0.1) is 0 Å². The molecule has 0 atom stereocenters. The zero-order chi connectivity index (χ0) is 13.5. The summed E-state index contributed by atoms with van der Waals surface area (Å²) in [5, 5.41) is 15.9. The number of hydrogen-bond acceptors (Lipinski definition) is 4. The molecule has 0 saturated carbocycles. The molecule has 0 aliphatic rings. The van der Waals surface area contributed by atoms with Gasteiger partial charge in [0.15, 0.2) is 0 Å². The number of carbonyl (C=O) groups excluding carboxylic acids is 1. The van der Waals surface area contributed by atoms with Gasteiger partial charge in [-0.1, -0.05) is 6.92 Å². The summed E-state index contributed by atoms with van der Waals surface area (Å²) >= 11 is 0. The lowest BCUT2D eigenvalue weighted by molar-refractivity contribution is -0.117. The molecule has 1 aromatic heterocycles. The second kappa shape index (κ2) is 7.13. The van der Waals surface area contributed by atoms with Crippen LogP contribution < -0.4 is 5.32 Å². The third kappa shape index (κ3) is 4.12. The number of amides is 1. The Morgan fingerprint density at radius 1 is 1.61 bits per heavy atom. The molecule has 1 amide bonds. The Hall–Kier alpha value is -1.40. The van der Waals surface area contributed by atoms with Crippen LogP contribution in [0.3, 0.4) is 0 Å². The average molecular weight is 254 g/mol. The summed E-state index contributed by atoms with van der Waals surface area (Å²) in [5.74, 6) is 0.614. The summed E-state index contributed by atoms with van der Waals surface area (Å²) in [5.41, 5.74) is 0. The number of likely N-dealkylation sites (N-methyl/N-ethyl adjacent to an activating group) is 1. The highest BCUT2D eigenvalue weighted by atomic mass is 16.3. The number of aliphatic hydroxyl groups is 1. The molecule has 0 aliphatic carbocycles. The van der Waals surface area contributed by atoms with Crippen LogP contribution in [-0.4, -0.2) is 51.9 Å². The third-order valence-corrected chi connectivity index (χ3v) is 2.66. The largest absolute Gasteiger partial charge is 0.395 e. The van der Waals surface area contributed by atoms with Crippen LogP contribution in [-0.2, 0) is 4.79 Å². The molecule has 2 N–H and O–H groups in total. The minimum atomic E-state index is -0.0901. The minimum Gasteiger partial charge on any atom is -0.395 e. The lowest BCUT2D eigenvalue weighted by Crippen LogP contribution is -2.35. The lowest BCUT2D eigenvalue weighted by Gasteiger charge is -2.19. The van der Waals surface area contributed by atoms with Crippen LogP contribution in [0.1, 0.15) is 26.8 Å². The van der Waals surface area contributed by atoms with Gasteiger partial charge in [0.25, 0.3) is 0 Å². The fraction of sp³-hybridized carbons (Fsp3) is 0.667. The molecule has 0 fully saturated rings. The minimum absolute atomic E-state index is 0.0606. The van der Waals surface area contributed by atoms with Crippen molar-refractivity contribution in [1.82, 2.24) is 14.7 Å². The quantitative estimate of drug-likeness (QED) is 0.752. The Morgan fingerprint density at radius 2 is 2.33 bits per heavy atom. The smallest absolute Gasteiger partial charge is 0.239 e. The standard InChI is InChI=1S/C12H22N4O2/c1-4-15(7-8-17)9-12(18)14-11-5-6-13-16(11)10(2)3/h5-6,10,17H,4,7-9H2,1-3H3,(H,14,18). The van der Waals surface area contributed by atoms with Crippen LogP contribution in [0.2, 0.25) is 0 Å². The number of nitrogens with zero attached hydrogens (tertiary/aromatic N) is 3. The number of aromatic nitrogens is 2. The maximum Gasteiger partial charge on any atom is 0.239 e. The monoisotopic (exact) mass is 254 g/mol. The van der Waals surface area contributed by atoms with Crippen molar-refractivity contribution >= 4 is 11.7 Å². The van der Waals surface area contributed by atoms with Gasteiger partial charge in [-0.05, 0) is 20.4 Å². The topological polar surface area (TPSA) is 70.4 Å². The van der Waals surface area contributed by atoms with Crippen molar-refractivity contribution in [2.24, 2.45) is 0 Å². The lowest BCUT2D eigenvalue weighted by atomic mass is 10.4. The van der Waals surface area contributed by atoms with E-state index in [4.69, 9.17) is 5.11 Å². The Balaban J connectivity index is 2.56. The molecule has 0 radical (unpaired) electrons. The van der Waals surface area contributed by atoms with E-state index < -0.39 is 0 Å². The van der Waals surface area contributed by atoms with E-state index in [0.717, 1.165) is 6.54 Å². The fourth-order valence-corrected chi connectivity index (χ4v) is 1.70. The van der Waals surface area contributed by atoms with Crippen molar-refractivity contribution in [2.45, 2.75) is 26.8 Å². The van der Waals surface area contributed by atoms with Crippen LogP contribution in [0.5, 0.6) is 0 Å². The van der Waals surface area contributed by atoms with Gasteiger partial charge >= 0.3 is 0 Å². The summed E-state index contributed by atoms with van der Waals surface area (Å²) in [6, 6.07) is 1.98. The van der Waals surface area contributed by atoms with E-state index in [1.807, 2.05) is 25.7 Å². The van der Waals surface area contributed by atoms with Crippen molar-refractivity contribution in [3.63, 3.8) is 0 Å². The highest BCUT2D eigenvalue weighted by Crippen LogP contribution is 2.12. The molecule has 0 spiro atoms. The van der Waals surface area contributed by atoms with Crippen molar-refractivity contribution < 1.29 is 9.90 Å². The van der Waals surface area contributed by atoms with Gasteiger partial charge in [-0.25, -0.2) is 4.68 Å². The molecule has 6 heteroatoms. The van der Waals surface area contributed by atoms with Crippen LogP contribution in [0.15, 0.2) is 12.3 Å². The van der Waals surface area contributed by atoms with Crippen LogP contribution in [0.25, 0.3) is 0 Å². The van der Waals surface area contributed by atoms with E-state index >= 15 is 0 Å². The van der Waals surface area contributed by atoms with Gasteiger partial charge < -0.3 is 10.4 Å². The van der Waals surface area contributed by atoms with E-state index in [1.165, 1.54) is 0 Å². The molecule has 0 saturated heterocycles. The van der Waals surface area contributed by atoms with E-state index in [2.05, 4.69) is 10.4 Å². The number of nitrogens with one attached hydrogen (secondary N) is 1. The summed E-state index contributed by atoms with van der Waals surface area (Å²) in [6.07, 6.45) is 1.67.